The number of aromatic nitrogens is 1. The number of carboxylic acids is 1. The average molecular weight is 535 g/mol. The molecule has 3 N–H and O–H groups in total. The number of hydrogen-bond acceptors (Lipinski definition) is 6. The highest BCUT2D eigenvalue weighted by atomic mass is 32.2. The highest BCUT2D eigenvalue weighted by molar-refractivity contribution is 7.98. The fourth-order valence-electron chi connectivity index (χ4n) is 3.99. The fourth-order valence-corrected chi connectivity index (χ4v) is 4.81. The van der Waals surface area contributed by atoms with Gasteiger partial charge in [0.25, 0.3) is 0 Å². The molecule has 7 heteroatoms. The maximum atomic E-state index is 10.9. The molecule has 1 aromatic heterocycles. The number of ether oxygens (including phenoxy) is 2. The van der Waals surface area contributed by atoms with Crippen molar-refractivity contribution < 1.29 is 19.4 Å². The molecule has 202 valence electrons. The number of aryl methyl sites for hydroxylation is 1. The highest BCUT2D eigenvalue weighted by Crippen LogP contribution is 2.27. The standard InChI is InChI=1S/C31H38N2O4S/c1-36-27-17-15-24(16-18-27)10-6-4-2-3-5-7-21-37-29-19-20-30(33-28(29)13-9-14-31(34)35)38-23-25-11-8-12-26(32)22-25/h8-9,11-13,15-20,22H,2-7,10,14,21,23,32H2,1H3,(H,34,35). The van der Waals surface area contributed by atoms with E-state index in [1.165, 1.54) is 31.2 Å². The quantitative estimate of drug-likeness (QED) is 0.106. The Bertz CT molecular complexity index is 1160. The van der Waals surface area contributed by atoms with Crippen LogP contribution in [0.25, 0.3) is 6.08 Å². The van der Waals surface area contributed by atoms with Gasteiger partial charge in [0.2, 0.25) is 0 Å². The van der Waals surface area contributed by atoms with Gasteiger partial charge in [-0.25, -0.2) is 4.98 Å². The predicted octanol–water partition coefficient (Wildman–Crippen LogP) is 7.41. The number of methoxy groups -OCH3 is 1. The van der Waals surface area contributed by atoms with Gasteiger partial charge in [0.15, 0.2) is 0 Å². The van der Waals surface area contributed by atoms with Crippen LogP contribution in [-0.2, 0) is 17.0 Å². The summed E-state index contributed by atoms with van der Waals surface area (Å²) >= 11 is 1.61. The van der Waals surface area contributed by atoms with Crippen molar-refractivity contribution in [3.05, 3.63) is 83.6 Å². The van der Waals surface area contributed by atoms with E-state index in [1.54, 1.807) is 31.0 Å². The number of aliphatic carboxylic acids is 1. The summed E-state index contributed by atoms with van der Waals surface area (Å²) in [6.07, 6.45) is 11.3. The van der Waals surface area contributed by atoms with Crippen LogP contribution in [0.15, 0.2) is 71.8 Å². The van der Waals surface area contributed by atoms with Gasteiger partial charge in [0.1, 0.15) is 17.2 Å². The zero-order valence-electron chi connectivity index (χ0n) is 22.1. The first kappa shape index (κ1) is 29.1. The summed E-state index contributed by atoms with van der Waals surface area (Å²) in [6, 6.07) is 20.0. The summed E-state index contributed by atoms with van der Waals surface area (Å²) in [5, 5.41) is 9.83. The minimum Gasteiger partial charge on any atom is -0.497 e. The lowest BCUT2D eigenvalue weighted by Crippen LogP contribution is -2.01. The van der Waals surface area contributed by atoms with Gasteiger partial charge in [-0.2, -0.15) is 0 Å². The number of unbranched alkanes of at least 4 members (excludes halogenated alkanes) is 5. The number of pyridine rings is 1. The fraction of sp³-hybridized carbons (Fsp3) is 0.355. The van der Waals surface area contributed by atoms with E-state index in [0.717, 1.165) is 47.0 Å². The molecule has 0 saturated carbocycles. The molecular formula is C31H38N2O4S. The van der Waals surface area contributed by atoms with Crippen LogP contribution >= 0.6 is 11.8 Å². The molecule has 3 rings (SSSR count). The van der Waals surface area contributed by atoms with Crippen LogP contribution in [0.5, 0.6) is 11.5 Å². The Hall–Kier alpha value is -3.45. The number of hydrogen-bond donors (Lipinski definition) is 2. The molecule has 6 nitrogen and oxygen atoms in total. The summed E-state index contributed by atoms with van der Waals surface area (Å²) in [6.45, 7) is 0.614. The molecule has 0 saturated heterocycles. The van der Waals surface area contributed by atoms with Crippen molar-refractivity contribution in [3.63, 3.8) is 0 Å². The molecule has 0 amide bonds. The van der Waals surface area contributed by atoms with Crippen LogP contribution in [0, 0.1) is 0 Å². The van der Waals surface area contributed by atoms with Crippen molar-refractivity contribution in [1.82, 2.24) is 4.98 Å². The largest absolute Gasteiger partial charge is 0.497 e. The maximum Gasteiger partial charge on any atom is 0.307 e. The molecule has 0 aliphatic carbocycles. The van der Waals surface area contributed by atoms with E-state index in [1.807, 2.05) is 48.5 Å². The van der Waals surface area contributed by atoms with E-state index < -0.39 is 5.97 Å². The third kappa shape index (κ3) is 10.9. The van der Waals surface area contributed by atoms with Gasteiger partial charge in [0.05, 0.1) is 25.2 Å². The second-order valence-corrected chi connectivity index (χ2v) is 10.1. The number of rotatable bonds is 17. The highest BCUT2D eigenvalue weighted by Gasteiger charge is 2.07. The smallest absolute Gasteiger partial charge is 0.307 e. The molecule has 2 aromatic carbocycles. The number of benzene rings is 2. The molecule has 0 aliphatic heterocycles. The van der Waals surface area contributed by atoms with Crippen LogP contribution < -0.4 is 15.2 Å². The van der Waals surface area contributed by atoms with Crippen LogP contribution in [0.2, 0.25) is 0 Å². The minimum atomic E-state index is -0.875. The van der Waals surface area contributed by atoms with E-state index in [0.29, 0.717) is 18.1 Å². The van der Waals surface area contributed by atoms with Gasteiger partial charge in [-0.05, 0) is 72.9 Å². The molecule has 3 aromatic rings. The number of thioether (sulfide) groups is 1. The van der Waals surface area contributed by atoms with Crippen LogP contribution in [0.4, 0.5) is 5.69 Å². The Kier molecular flexibility index (Phi) is 12.6. The predicted molar refractivity (Wildman–Crippen MR) is 156 cm³/mol. The van der Waals surface area contributed by atoms with Crippen molar-refractivity contribution in [2.75, 3.05) is 19.5 Å². The molecule has 38 heavy (non-hydrogen) atoms. The Morgan fingerprint density at radius 1 is 0.974 bits per heavy atom. The second-order valence-electron chi connectivity index (χ2n) is 9.13. The third-order valence-electron chi connectivity index (χ3n) is 6.04. The number of nitrogens with two attached hydrogens (primary N) is 1. The second kappa shape index (κ2) is 16.4. The topological polar surface area (TPSA) is 94.7 Å². The van der Waals surface area contributed by atoms with Gasteiger partial charge in [-0.3, -0.25) is 4.79 Å². The third-order valence-corrected chi connectivity index (χ3v) is 7.04. The number of carboxylic acid groups (broad SMARTS) is 1. The number of anilines is 1. The summed E-state index contributed by atoms with van der Waals surface area (Å²) < 4.78 is 11.2. The first-order chi connectivity index (χ1) is 18.5. The molecule has 0 unspecified atom stereocenters. The SMILES string of the molecule is COc1ccc(CCCCCCCCOc2ccc(SCc3cccc(N)c3)nc2C=CCC(=O)O)cc1. The lowest BCUT2D eigenvalue weighted by Gasteiger charge is -2.11. The Morgan fingerprint density at radius 2 is 1.74 bits per heavy atom. The molecule has 0 atom stereocenters. The van der Waals surface area contributed by atoms with Gasteiger partial charge in [-0.1, -0.05) is 56.0 Å². The summed E-state index contributed by atoms with van der Waals surface area (Å²) in [4.78, 5) is 15.7. The number of nitrogens with zero attached hydrogens (tertiary/aromatic N) is 1. The van der Waals surface area contributed by atoms with E-state index in [2.05, 4.69) is 12.1 Å². The van der Waals surface area contributed by atoms with Crippen LogP contribution in [-0.4, -0.2) is 29.8 Å². The van der Waals surface area contributed by atoms with E-state index in [4.69, 9.17) is 25.3 Å². The van der Waals surface area contributed by atoms with E-state index >= 15 is 0 Å². The molecule has 1 heterocycles. The summed E-state index contributed by atoms with van der Waals surface area (Å²) in [5.41, 5.74) is 9.76. The molecule has 0 spiro atoms. The van der Waals surface area contributed by atoms with Crippen molar-refractivity contribution in [1.29, 1.82) is 0 Å². The first-order valence-corrected chi connectivity index (χ1v) is 14.1. The zero-order chi connectivity index (χ0) is 27.0. The summed E-state index contributed by atoms with van der Waals surface area (Å²) in [7, 11) is 1.69. The molecular weight excluding hydrogens is 496 g/mol. The average Bonchev–Trinajstić information content (AvgIpc) is 2.92. The molecule has 0 fully saturated rings. The van der Waals surface area contributed by atoms with Crippen molar-refractivity contribution in [2.24, 2.45) is 0 Å². The van der Waals surface area contributed by atoms with E-state index in [9.17, 15) is 4.79 Å². The first-order valence-electron chi connectivity index (χ1n) is 13.2. The lowest BCUT2D eigenvalue weighted by atomic mass is 10.0. The maximum absolute atomic E-state index is 10.9. The lowest BCUT2D eigenvalue weighted by molar-refractivity contribution is -0.135. The van der Waals surface area contributed by atoms with Crippen molar-refractivity contribution in [2.45, 2.75) is 62.1 Å². The van der Waals surface area contributed by atoms with Gasteiger partial charge in [0, 0.05) is 11.4 Å². The van der Waals surface area contributed by atoms with Crippen molar-refractivity contribution in [3.8, 4) is 11.5 Å². The van der Waals surface area contributed by atoms with Gasteiger partial charge >= 0.3 is 5.97 Å². The summed E-state index contributed by atoms with van der Waals surface area (Å²) in [5.74, 6) is 1.45. The zero-order valence-corrected chi connectivity index (χ0v) is 22.9. The van der Waals surface area contributed by atoms with Crippen LogP contribution in [0.1, 0.15) is 61.8 Å². The Labute approximate surface area is 230 Å². The number of nitrogen functional groups attached to an aromatic ring is 1. The Balaban J connectivity index is 1.40. The normalized spacial score (nSPS) is 11.1. The van der Waals surface area contributed by atoms with Gasteiger partial charge in [-0.15, -0.1) is 11.8 Å². The van der Waals surface area contributed by atoms with Gasteiger partial charge < -0.3 is 20.3 Å². The van der Waals surface area contributed by atoms with E-state index in [-0.39, 0.29) is 6.42 Å². The minimum absolute atomic E-state index is 0.0553. The monoisotopic (exact) mass is 534 g/mol. The molecule has 0 radical (unpaired) electrons. The Morgan fingerprint density at radius 3 is 2.47 bits per heavy atom. The molecule has 0 aliphatic rings. The van der Waals surface area contributed by atoms with Crippen LogP contribution in [0.3, 0.4) is 0 Å². The molecule has 0 bridgehead atoms. The number of carbonyl (C=O) groups is 1. The van der Waals surface area contributed by atoms with Crippen molar-refractivity contribution >= 4 is 29.5 Å².